The van der Waals surface area contributed by atoms with Crippen LogP contribution < -0.4 is 5.49 Å². The van der Waals surface area contributed by atoms with Crippen LogP contribution >= 0.6 is 23.2 Å². The number of nitrogens with one attached hydrogen (secondary N) is 1. The third-order valence-corrected chi connectivity index (χ3v) is 5.04. The average molecular weight is 412 g/mol. The van der Waals surface area contributed by atoms with E-state index in [-0.39, 0.29) is 5.78 Å². The monoisotopic (exact) mass is 411 g/mol. The van der Waals surface area contributed by atoms with Gasteiger partial charge in [-0.2, -0.15) is 0 Å². The molecule has 8 heteroatoms. The lowest BCUT2D eigenvalue weighted by molar-refractivity contribution is 0.101. The quantitative estimate of drug-likeness (QED) is 0.500. The molecule has 0 radical (unpaired) electrons. The van der Waals surface area contributed by atoms with E-state index in [2.05, 4.69) is 19.9 Å². The Balaban J connectivity index is 1.76. The molecule has 0 aliphatic heterocycles. The number of nitrogens with zero attached hydrogens (tertiary/aromatic N) is 4. The van der Waals surface area contributed by atoms with Crippen molar-refractivity contribution in [1.29, 1.82) is 0 Å². The highest BCUT2D eigenvalue weighted by Crippen LogP contribution is 2.25. The van der Waals surface area contributed by atoms with Crippen molar-refractivity contribution in [3.05, 3.63) is 81.8 Å². The maximum Gasteiger partial charge on any atom is 0.181 e. The normalized spacial score (nSPS) is 11.9. The second-order valence-electron chi connectivity index (χ2n) is 6.21. The van der Waals surface area contributed by atoms with Crippen LogP contribution in [0.2, 0.25) is 10.0 Å². The van der Waals surface area contributed by atoms with Crippen molar-refractivity contribution >= 4 is 45.8 Å². The summed E-state index contributed by atoms with van der Waals surface area (Å²) in [4.78, 5) is 27.9. The lowest BCUT2D eigenvalue weighted by Gasteiger charge is -2.10. The van der Waals surface area contributed by atoms with Crippen molar-refractivity contribution in [3.63, 3.8) is 0 Å². The summed E-state index contributed by atoms with van der Waals surface area (Å²) < 4.78 is 1.86. The molecule has 0 saturated heterocycles. The number of rotatable bonds is 4. The van der Waals surface area contributed by atoms with E-state index in [4.69, 9.17) is 23.2 Å². The number of fused-ring (bicyclic) bond motifs is 1. The molecule has 28 heavy (non-hydrogen) atoms. The first-order chi connectivity index (χ1) is 13.5. The maximum absolute atomic E-state index is 11.4. The lowest BCUT2D eigenvalue weighted by Crippen LogP contribution is -2.15. The Morgan fingerprint density at radius 1 is 1.11 bits per heavy atom. The largest absolute Gasteiger partial charge is 0.340 e. The number of Topliss-reactive ketones (excluding diaryl/α,β-unsaturated/α-hetero) is 1. The Morgan fingerprint density at radius 2 is 1.82 bits per heavy atom. The molecule has 2 aromatic heterocycles. The van der Waals surface area contributed by atoms with Gasteiger partial charge in [-0.05, 0) is 43.3 Å². The van der Waals surface area contributed by atoms with Gasteiger partial charge >= 0.3 is 0 Å². The fraction of sp³-hybridized carbons (Fsp3) is 0.100. The van der Waals surface area contributed by atoms with Crippen molar-refractivity contribution in [2.45, 2.75) is 13.5 Å². The summed E-state index contributed by atoms with van der Waals surface area (Å²) >= 11 is 12.6. The molecule has 0 aliphatic rings. The highest BCUT2D eigenvalue weighted by Gasteiger charge is 2.10. The van der Waals surface area contributed by atoms with Gasteiger partial charge in [0.25, 0.3) is 0 Å². The van der Waals surface area contributed by atoms with Gasteiger partial charge in [0.2, 0.25) is 0 Å². The zero-order valence-corrected chi connectivity index (χ0v) is 16.4. The third kappa shape index (κ3) is 3.56. The number of ketones is 1. The van der Waals surface area contributed by atoms with Crippen LogP contribution in [0.3, 0.4) is 0 Å². The Bertz CT molecular complexity index is 1220. The molecule has 0 atom stereocenters. The van der Waals surface area contributed by atoms with Crippen LogP contribution in [0.5, 0.6) is 0 Å². The molecular weight excluding hydrogens is 397 g/mol. The highest BCUT2D eigenvalue weighted by atomic mass is 35.5. The van der Waals surface area contributed by atoms with E-state index < -0.39 is 0 Å². The lowest BCUT2D eigenvalue weighted by atomic mass is 10.1. The Hall–Kier alpha value is -2.96. The Labute approximate surface area is 170 Å². The predicted octanol–water partition coefficient (Wildman–Crippen LogP) is 4.55. The van der Waals surface area contributed by atoms with Crippen LogP contribution in [0.1, 0.15) is 22.8 Å². The first-order valence-corrected chi connectivity index (χ1v) is 9.25. The SMILES string of the molecule is CC(=O)c1ccc(N=c2ncn(Cc3c(Cl)cccc3Cl)c3nc[nH]c23)cc1. The molecule has 0 fully saturated rings. The molecule has 0 bridgehead atoms. The van der Waals surface area contributed by atoms with Gasteiger partial charge in [-0.1, -0.05) is 29.3 Å². The van der Waals surface area contributed by atoms with Gasteiger partial charge < -0.3 is 9.55 Å². The summed E-state index contributed by atoms with van der Waals surface area (Å²) in [5, 5.41) is 1.17. The number of H-pyrrole nitrogens is 1. The fourth-order valence-corrected chi connectivity index (χ4v) is 3.38. The zero-order valence-electron chi connectivity index (χ0n) is 14.9. The summed E-state index contributed by atoms with van der Waals surface area (Å²) in [6, 6.07) is 12.5. The number of carbonyl (C=O) groups excluding carboxylic acids is 1. The summed E-state index contributed by atoms with van der Waals surface area (Å²) in [7, 11) is 0. The second-order valence-corrected chi connectivity index (χ2v) is 7.03. The van der Waals surface area contributed by atoms with Crippen LogP contribution in [0.15, 0.2) is 60.1 Å². The molecule has 0 spiro atoms. The zero-order chi connectivity index (χ0) is 19.7. The molecule has 1 N–H and O–H groups in total. The first-order valence-electron chi connectivity index (χ1n) is 8.50. The Morgan fingerprint density at radius 3 is 2.50 bits per heavy atom. The van der Waals surface area contributed by atoms with E-state index >= 15 is 0 Å². The molecular formula is C20H15Cl2N5O. The van der Waals surface area contributed by atoms with Gasteiger partial charge in [-0.25, -0.2) is 15.0 Å². The van der Waals surface area contributed by atoms with Crippen molar-refractivity contribution in [3.8, 4) is 0 Å². The standard InChI is InChI=1S/C20H15Cl2N5O/c1-12(28)13-5-7-14(8-6-13)26-19-18-20(24-10-23-18)27(11-25-19)9-15-16(21)3-2-4-17(15)22/h2-8,10-11H,9H2,1H3,(H,23,24). The van der Waals surface area contributed by atoms with Gasteiger partial charge in [0.05, 0.1) is 24.9 Å². The van der Waals surface area contributed by atoms with E-state index in [1.54, 1.807) is 55.1 Å². The number of aromatic nitrogens is 4. The van der Waals surface area contributed by atoms with Gasteiger partial charge in [0, 0.05) is 21.2 Å². The third-order valence-electron chi connectivity index (χ3n) is 4.33. The van der Waals surface area contributed by atoms with Crippen LogP contribution in [0, 0.1) is 0 Å². The minimum Gasteiger partial charge on any atom is -0.340 e. The molecule has 2 heterocycles. The predicted molar refractivity (Wildman–Crippen MR) is 109 cm³/mol. The molecule has 0 amide bonds. The molecule has 4 aromatic rings. The van der Waals surface area contributed by atoms with Gasteiger partial charge in [-0.3, -0.25) is 4.79 Å². The van der Waals surface area contributed by atoms with E-state index in [1.807, 2.05) is 4.57 Å². The number of halogens is 2. The molecule has 140 valence electrons. The average Bonchev–Trinajstić information content (AvgIpc) is 3.17. The highest BCUT2D eigenvalue weighted by molar-refractivity contribution is 6.36. The van der Waals surface area contributed by atoms with Crippen molar-refractivity contribution in [2.24, 2.45) is 4.99 Å². The first kappa shape index (κ1) is 18.4. The summed E-state index contributed by atoms with van der Waals surface area (Å²) in [6.45, 7) is 1.96. The molecule has 0 saturated carbocycles. The summed E-state index contributed by atoms with van der Waals surface area (Å²) in [5.74, 6) is 0.0135. The van der Waals surface area contributed by atoms with E-state index in [0.717, 1.165) is 5.56 Å². The number of carbonyl (C=O) groups is 1. The number of hydrogen-bond donors (Lipinski definition) is 1. The Kier molecular flexibility index (Phi) is 4.98. The number of aromatic amines is 1. The van der Waals surface area contributed by atoms with Gasteiger partial charge in [0.15, 0.2) is 16.9 Å². The second kappa shape index (κ2) is 7.58. The van der Waals surface area contributed by atoms with Crippen LogP contribution in [0.4, 0.5) is 5.69 Å². The minimum absolute atomic E-state index is 0.0135. The number of imidazole rings is 1. The molecule has 0 unspecified atom stereocenters. The van der Waals surface area contributed by atoms with E-state index in [1.165, 1.54) is 6.92 Å². The summed E-state index contributed by atoms with van der Waals surface area (Å²) in [5.41, 5.74) is 4.02. The molecule has 4 rings (SSSR count). The van der Waals surface area contributed by atoms with Crippen LogP contribution in [-0.4, -0.2) is 25.3 Å². The maximum atomic E-state index is 11.4. The van der Waals surface area contributed by atoms with Crippen LogP contribution in [-0.2, 0) is 6.54 Å². The molecule has 0 aliphatic carbocycles. The van der Waals surface area contributed by atoms with E-state index in [0.29, 0.717) is 44.5 Å². The van der Waals surface area contributed by atoms with Gasteiger partial charge in [-0.15, -0.1) is 0 Å². The number of hydrogen-bond acceptors (Lipinski definition) is 4. The van der Waals surface area contributed by atoms with Crippen molar-refractivity contribution < 1.29 is 4.79 Å². The fourth-order valence-electron chi connectivity index (χ4n) is 2.86. The van der Waals surface area contributed by atoms with E-state index in [9.17, 15) is 4.79 Å². The molecule has 6 nitrogen and oxygen atoms in total. The number of benzene rings is 2. The van der Waals surface area contributed by atoms with Crippen molar-refractivity contribution in [1.82, 2.24) is 19.5 Å². The molecule has 2 aromatic carbocycles. The topological polar surface area (TPSA) is 75.9 Å². The van der Waals surface area contributed by atoms with Crippen molar-refractivity contribution in [2.75, 3.05) is 0 Å². The minimum atomic E-state index is 0.0135. The summed E-state index contributed by atoms with van der Waals surface area (Å²) in [6.07, 6.45) is 3.25. The smallest absolute Gasteiger partial charge is 0.181 e. The van der Waals surface area contributed by atoms with Crippen LogP contribution in [0.25, 0.3) is 11.2 Å². The van der Waals surface area contributed by atoms with Gasteiger partial charge in [0.1, 0.15) is 5.52 Å².